The summed E-state index contributed by atoms with van der Waals surface area (Å²) in [7, 11) is 0. The molecular formula is C19H17F3N4O2. The highest BCUT2D eigenvalue weighted by Crippen LogP contribution is 2.38. The van der Waals surface area contributed by atoms with E-state index in [4.69, 9.17) is 4.74 Å². The SMILES string of the molecule is CCOC(=O)c1cnn2ccc(N3C[C@@H](F)C[C@@H]3c3cc(F)ccc3F)nc12. The number of nitrogens with zero attached hydrogens (tertiary/aromatic N) is 4. The summed E-state index contributed by atoms with van der Waals surface area (Å²) in [6, 6.07) is 4.01. The van der Waals surface area contributed by atoms with Crippen molar-refractivity contribution in [3.63, 3.8) is 0 Å². The van der Waals surface area contributed by atoms with Crippen molar-refractivity contribution < 1.29 is 22.7 Å². The van der Waals surface area contributed by atoms with Crippen LogP contribution in [0.4, 0.5) is 19.0 Å². The fourth-order valence-corrected chi connectivity index (χ4v) is 3.47. The fraction of sp³-hybridized carbons (Fsp3) is 0.316. The molecule has 0 unspecified atom stereocenters. The van der Waals surface area contributed by atoms with Gasteiger partial charge in [-0.15, -0.1) is 0 Å². The van der Waals surface area contributed by atoms with Gasteiger partial charge in [-0.05, 0) is 31.2 Å². The molecule has 146 valence electrons. The van der Waals surface area contributed by atoms with Crippen LogP contribution in [0.1, 0.15) is 35.3 Å². The maximum Gasteiger partial charge on any atom is 0.343 e. The van der Waals surface area contributed by atoms with Gasteiger partial charge in [-0.1, -0.05) is 0 Å². The second kappa shape index (κ2) is 7.14. The molecule has 3 heterocycles. The van der Waals surface area contributed by atoms with Gasteiger partial charge in [0.1, 0.15) is 29.2 Å². The Kier molecular flexibility index (Phi) is 4.66. The van der Waals surface area contributed by atoms with Crippen molar-refractivity contribution in [3.05, 3.63) is 59.4 Å². The van der Waals surface area contributed by atoms with Gasteiger partial charge in [0.15, 0.2) is 5.65 Å². The van der Waals surface area contributed by atoms with Gasteiger partial charge in [-0.3, -0.25) is 0 Å². The molecule has 9 heteroatoms. The summed E-state index contributed by atoms with van der Waals surface area (Å²) in [6.07, 6.45) is 1.71. The van der Waals surface area contributed by atoms with E-state index >= 15 is 0 Å². The van der Waals surface area contributed by atoms with Crippen LogP contribution < -0.4 is 4.90 Å². The summed E-state index contributed by atoms with van der Waals surface area (Å²) in [5.41, 5.74) is 0.492. The number of hydrogen-bond donors (Lipinski definition) is 0. The van der Waals surface area contributed by atoms with Gasteiger partial charge in [-0.25, -0.2) is 27.5 Å². The molecule has 6 nitrogen and oxygen atoms in total. The Hall–Kier alpha value is -3.10. The summed E-state index contributed by atoms with van der Waals surface area (Å²) in [6.45, 7) is 1.87. The van der Waals surface area contributed by atoms with E-state index in [1.165, 1.54) is 10.7 Å². The number of halogens is 3. The molecule has 0 N–H and O–H groups in total. The molecule has 0 saturated carbocycles. The highest BCUT2D eigenvalue weighted by molar-refractivity contribution is 5.95. The van der Waals surface area contributed by atoms with Gasteiger partial charge in [0.25, 0.3) is 0 Å². The lowest BCUT2D eigenvalue weighted by Gasteiger charge is -2.26. The molecule has 1 aromatic carbocycles. The molecule has 0 amide bonds. The maximum atomic E-state index is 14.3. The van der Waals surface area contributed by atoms with E-state index in [-0.39, 0.29) is 36.3 Å². The summed E-state index contributed by atoms with van der Waals surface area (Å²) in [5, 5.41) is 4.06. The Morgan fingerprint density at radius 2 is 2.14 bits per heavy atom. The molecule has 1 aliphatic rings. The van der Waals surface area contributed by atoms with Gasteiger partial charge in [0, 0.05) is 18.2 Å². The number of carbonyl (C=O) groups is 1. The molecule has 4 rings (SSSR count). The Morgan fingerprint density at radius 1 is 1.32 bits per heavy atom. The van der Waals surface area contributed by atoms with E-state index < -0.39 is 29.8 Å². The van der Waals surface area contributed by atoms with Crippen LogP contribution in [0, 0.1) is 11.6 Å². The zero-order valence-corrected chi connectivity index (χ0v) is 15.0. The maximum absolute atomic E-state index is 14.3. The number of esters is 1. The van der Waals surface area contributed by atoms with Gasteiger partial charge >= 0.3 is 5.97 Å². The Balaban J connectivity index is 1.76. The lowest BCUT2D eigenvalue weighted by molar-refractivity contribution is 0.0528. The third-order valence-corrected chi connectivity index (χ3v) is 4.71. The average molecular weight is 390 g/mol. The summed E-state index contributed by atoms with van der Waals surface area (Å²) >= 11 is 0. The van der Waals surface area contributed by atoms with Crippen LogP contribution in [0.15, 0.2) is 36.7 Å². The second-order valence-corrected chi connectivity index (χ2v) is 6.50. The minimum Gasteiger partial charge on any atom is -0.462 e. The smallest absolute Gasteiger partial charge is 0.343 e. The number of fused-ring (bicyclic) bond motifs is 1. The lowest BCUT2D eigenvalue weighted by atomic mass is 10.0. The number of rotatable bonds is 4. The number of hydrogen-bond acceptors (Lipinski definition) is 5. The van der Waals surface area contributed by atoms with Crippen LogP contribution in [-0.4, -0.2) is 39.9 Å². The summed E-state index contributed by atoms with van der Waals surface area (Å²) in [5.74, 6) is -1.43. The summed E-state index contributed by atoms with van der Waals surface area (Å²) in [4.78, 5) is 18.1. The number of anilines is 1. The van der Waals surface area contributed by atoms with Crippen LogP contribution in [0.2, 0.25) is 0 Å². The third-order valence-electron chi connectivity index (χ3n) is 4.71. The van der Waals surface area contributed by atoms with Crippen molar-refractivity contribution in [3.8, 4) is 0 Å². The Bertz CT molecular complexity index is 1040. The lowest BCUT2D eigenvalue weighted by Crippen LogP contribution is -2.25. The predicted octanol–water partition coefficient (Wildman–Crippen LogP) is 3.47. The minimum atomic E-state index is -1.22. The first-order valence-electron chi connectivity index (χ1n) is 8.85. The van der Waals surface area contributed by atoms with E-state index in [2.05, 4.69) is 10.1 Å². The predicted molar refractivity (Wildman–Crippen MR) is 94.9 cm³/mol. The highest BCUT2D eigenvalue weighted by atomic mass is 19.1. The molecule has 1 saturated heterocycles. The zero-order chi connectivity index (χ0) is 19.8. The number of carbonyl (C=O) groups excluding carboxylic acids is 1. The van der Waals surface area contributed by atoms with E-state index in [1.807, 2.05) is 0 Å². The van der Waals surface area contributed by atoms with Gasteiger partial charge < -0.3 is 9.64 Å². The number of alkyl halides is 1. The van der Waals surface area contributed by atoms with Crippen LogP contribution in [0.25, 0.3) is 5.65 Å². The van der Waals surface area contributed by atoms with Crippen LogP contribution in [0.5, 0.6) is 0 Å². The first-order valence-corrected chi connectivity index (χ1v) is 8.85. The highest BCUT2D eigenvalue weighted by Gasteiger charge is 2.36. The average Bonchev–Trinajstić information content (AvgIpc) is 3.26. The van der Waals surface area contributed by atoms with E-state index in [9.17, 15) is 18.0 Å². The molecule has 0 radical (unpaired) electrons. The topological polar surface area (TPSA) is 59.7 Å². The molecule has 1 aliphatic heterocycles. The molecular weight excluding hydrogens is 373 g/mol. The molecule has 3 aromatic rings. The van der Waals surface area contributed by atoms with Crippen molar-refractivity contribution in [2.45, 2.75) is 25.6 Å². The Labute approximate surface area is 158 Å². The molecule has 2 aromatic heterocycles. The van der Waals surface area contributed by atoms with E-state index in [0.717, 1.165) is 18.2 Å². The van der Waals surface area contributed by atoms with Crippen LogP contribution >= 0.6 is 0 Å². The number of benzene rings is 1. The van der Waals surface area contributed by atoms with Gasteiger partial charge in [0.05, 0.1) is 25.4 Å². The van der Waals surface area contributed by atoms with Crippen molar-refractivity contribution in [1.82, 2.24) is 14.6 Å². The second-order valence-electron chi connectivity index (χ2n) is 6.50. The van der Waals surface area contributed by atoms with E-state index in [0.29, 0.717) is 5.82 Å². The molecule has 0 bridgehead atoms. The third kappa shape index (κ3) is 3.17. The summed E-state index contributed by atoms with van der Waals surface area (Å²) < 4.78 is 48.5. The largest absolute Gasteiger partial charge is 0.462 e. The number of ether oxygens (including phenoxy) is 1. The van der Waals surface area contributed by atoms with Crippen LogP contribution in [0.3, 0.4) is 0 Å². The van der Waals surface area contributed by atoms with Gasteiger partial charge in [-0.2, -0.15) is 5.10 Å². The minimum absolute atomic E-state index is 0.0111. The number of aromatic nitrogens is 3. The van der Waals surface area contributed by atoms with Crippen molar-refractivity contribution in [1.29, 1.82) is 0 Å². The normalized spacial score (nSPS) is 19.4. The quantitative estimate of drug-likeness (QED) is 0.639. The monoisotopic (exact) mass is 390 g/mol. The van der Waals surface area contributed by atoms with Crippen molar-refractivity contribution >= 4 is 17.4 Å². The van der Waals surface area contributed by atoms with E-state index in [1.54, 1.807) is 24.1 Å². The zero-order valence-electron chi connectivity index (χ0n) is 15.0. The van der Waals surface area contributed by atoms with Gasteiger partial charge in [0.2, 0.25) is 0 Å². The van der Waals surface area contributed by atoms with Crippen molar-refractivity contribution in [2.75, 3.05) is 18.1 Å². The molecule has 2 atom stereocenters. The molecule has 28 heavy (non-hydrogen) atoms. The molecule has 1 fully saturated rings. The first-order chi connectivity index (χ1) is 13.5. The molecule has 0 spiro atoms. The van der Waals surface area contributed by atoms with Crippen molar-refractivity contribution in [2.24, 2.45) is 0 Å². The Morgan fingerprint density at radius 3 is 2.93 bits per heavy atom. The fourth-order valence-electron chi connectivity index (χ4n) is 3.47. The standard InChI is InChI=1S/C19H17F3N4O2/c1-2-28-19(27)14-9-23-26-6-5-17(24-18(14)26)25-10-12(21)8-16(25)13-7-11(20)3-4-15(13)22/h3-7,9,12,16H,2,8,10H2,1H3/t12-,16+/m0/s1. The van der Waals surface area contributed by atoms with Crippen LogP contribution in [-0.2, 0) is 4.74 Å². The first kappa shape index (κ1) is 18.3. The molecule has 0 aliphatic carbocycles.